The maximum Gasteiger partial charge on any atom is 0.203 e. The second-order valence-electron chi connectivity index (χ2n) is 7.69. The molecule has 0 aliphatic carbocycles. The molecule has 1 aliphatic heterocycles. The van der Waals surface area contributed by atoms with E-state index in [4.69, 9.17) is 23.7 Å². The molecular formula is C24H36N2O5+2. The number of rotatable bonds is 12. The molecule has 1 heterocycles. The number of ether oxygens (including phenoxy) is 5. The molecule has 3 rings (SSSR count). The van der Waals surface area contributed by atoms with Gasteiger partial charge in [-0.2, -0.15) is 0 Å². The maximum absolute atomic E-state index is 5.76. The van der Waals surface area contributed by atoms with Crippen LogP contribution in [-0.2, 0) is 11.3 Å². The Bertz CT molecular complexity index is 779. The second kappa shape index (κ2) is 12.4. The van der Waals surface area contributed by atoms with Crippen LogP contribution in [0.1, 0.15) is 5.56 Å². The van der Waals surface area contributed by atoms with E-state index in [-0.39, 0.29) is 0 Å². The van der Waals surface area contributed by atoms with E-state index in [2.05, 4.69) is 6.07 Å². The zero-order valence-electron chi connectivity index (χ0n) is 18.9. The highest BCUT2D eigenvalue weighted by molar-refractivity contribution is 5.55. The van der Waals surface area contributed by atoms with Gasteiger partial charge in [0.2, 0.25) is 5.75 Å². The fraction of sp³-hybridized carbons (Fsp3) is 0.500. The molecule has 0 bridgehead atoms. The van der Waals surface area contributed by atoms with E-state index in [1.165, 1.54) is 0 Å². The van der Waals surface area contributed by atoms with Crippen LogP contribution in [0.3, 0.4) is 0 Å². The summed E-state index contributed by atoms with van der Waals surface area (Å²) in [6.45, 7) is 8.50. The first-order chi connectivity index (χ1) is 15.2. The monoisotopic (exact) mass is 432 g/mol. The molecule has 31 heavy (non-hydrogen) atoms. The van der Waals surface area contributed by atoms with Gasteiger partial charge in [0.05, 0.1) is 40.1 Å². The van der Waals surface area contributed by atoms with Crippen molar-refractivity contribution in [1.29, 1.82) is 0 Å². The van der Waals surface area contributed by atoms with Crippen LogP contribution in [0.2, 0.25) is 0 Å². The van der Waals surface area contributed by atoms with Gasteiger partial charge in [-0.1, -0.05) is 18.2 Å². The first kappa shape index (κ1) is 23.2. The molecule has 1 fully saturated rings. The van der Waals surface area contributed by atoms with Gasteiger partial charge in [-0.15, -0.1) is 0 Å². The average Bonchev–Trinajstić information content (AvgIpc) is 2.82. The number of hydrogen-bond acceptors (Lipinski definition) is 5. The fourth-order valence-electron chi connectivity index (χ4n) is 4.01. The Morgan fingerprint density at radius 2 is 1.42 bits per heavy atom. The molecule has 2 aromatic carbocycles. The van der Waals surface area contributed by atoms with Crippen LogP contribution in [-0.4, -0.2) is 73.9 Å². The van der Waals surface area contributed by atoms with Gasteiger partial charge in [-0.05, 0) is 24.3 Å². The highest BCUT2D eigenvalue weighted by Crippen LogP contribution is 2.39. The van der Waals surface area contributed by atoms with E-state index in [1.807, 2.05) is 36.4 Å². The Kier molecular flexibility index (Phi) is 9.27. The van der Waals surface area contributed by atoms with Gasteiger partial charge in [0.1, 0.15) is 51.6 Å². The van der Waals surface area contributed by atoms with Gasteiger partial charge in [-0.3, -0.25) is 0 Å². The molecule has 170 valence electrons. The number of nitrogens with one attached hydrogen (secondary N) is 2. The Morgan fingerprint density at radius 3 is 2.10 bits per heavy atom. The molecule has 1 saturated heterocycles. The van der Waals surface area contributed by atoms with Gasteiger partial charge in [0.15, 0.2) is 11.5 Å². The molecule has 1 aliphatic rings. The third kappa shape index (κ3) is 6.75. The summed E-state index contributed by atoms with van der Waals surface area (Å²) >= 11 is 0. The third-order valence-corrected chi connectivity index (χ3v) is 5.73. The molecule has 7 nitrogen and oxygen atoms in total. The van der Waals surface area contributed by atoms with Crippen molar-refractivity contribution in [2.75, 3.05) is 73.9 Å². The van der Waals surface area contributed by atoms with Crippen molar-refractivity contribution in [3.63, 3.8) is 0 Å². The van der Waals surface area contributed by atoms with E-state index < -0.39 is 0 Å². The van der Waals surface area contributed by atoms with Gasteiger partial charge >= 0.3 is 0 Å². The van der Waals surface area contributed by atoms with Crippen molar-refractivity contribution in [2.24, 2.45) is 0 Å². The summed E-state index contributed by atoms with van der Waals surface area (Å²) in [5.41, 5.74) is 1.15. The standard InChI is InChI=1S/C24H34N2O5/c1-27-22-10-9-20(23(28-2)24(22)29-3)19-26-13-11-25(12-14-26)15-16-30-17-18-31-21-7-5-4-6-8-21/h4-10H,11-19H2,1-3H3/p+2. The number of methoxy groups -OCH3 is 3. The second-order valence-corrected chi connectivity index (χ2v) is 7.69. The minimum Gasteiger partial charge on any atom is -0.493 e. The molecule has 0 unspecified atom stereocenters. The van der Waals surface area contributed by atoms with Gasteiger partial charge in [-0.25, -0.2) is 0 Å². The third-order valence-electron chi connectivity index (χ3n) is 5.73. The van der Waals surface area contributed by atoms with Crippen LogP contribution in [0.15, 0.2) is 42.5 Å². The molecule has 0 radical (unpaired) electrons. The lowest BCUT2D eigenvalue weighted by atomic mass is 10.1. The van der Waals surface area contributed by atoms with Crippen LogP contribution in [0.25, 0.3) is 0 Å². The van der Waals surface area contributed by atoms with Gasteiger partial charge < -0.3 is 33.5 Å². The Hall–Kier alpha value is -2.48. The Balaban J connectivity index is 1.35. The van der Waals surface area contributed by atoms with Crippen molar-refractivity contribution >= 4 is 0 Å². The van der Waals surface area contributed by atoms with Crippen LogP contribution >= 0.6 is 0 Å². The minimum absolute atomic E-state index is 0.588. The summed E-state index contributed by atoms with van der Waals surface area (Å²) in [6.07, 6.45) is 0. The predicted octanol–water partition coefficient (Wildman–Crippen LogP) is 0.0914. The topological polar surface area (TPSA) is 55.0 Å². The van der Waals surface area contributed by atoms with E-state index in [1.54, 1.807) is 31.1 Å². The summed E-state index contributed by atoms with van der Waals surface area (Å²) in [6, 6.07) is 13.9. The molecule has 7 heteroatoms. The SMILES string of the molecule is COc1ccc(C[NH+]2CC[NH+](CCOCCOc3ccccc3)CC2)c(OC)c1OC. The lowest BCUT2D eigenvalue weighted by molar-refractivity contribution is -1.02. The molecule has 0 aromatic heterocycles. The van der Waals surface area contributed by atoms with Crippen LogP contribution in [0.5, 0.6) is 23.0 Å². The fourth-order valence-corrected chi connectivity index (χ4v) is 4.01. The molecule has 0 atom stereocenters. The normalized spacial score (nSPS) is 18.4. The molecule has 2 aromatic rings. The lowest BCUT2D eigenvalue weighted by Crippen LogP contribution is -3.27. The smallest absolute Gasteiger partial charge is 0.203 e. The zero-order valence-corrected chi connectivity index (χ0v) is 18.9. The van der Waals surface area contributed by atoms with Gasteiger partial charge in [0.25, 0.3) is 0 Å². The summed E-state index contributed by atoms with van der Waals surface area (Å²) in [5.74, 6) is 3.03. The Labute approximate surface area is 185 Å². The van der Waals surface area contributed by atoms with E-state index >= 15 is 0 Å². The molecular weight excluding hydrogens is 396 g/mol. The average molecular weight is 433 g/mol. The molecule has 2 N–H and O–H groups in total. The van der Waals surface area contributed by atoms with Crippen molar-refractivity contribution in [3.8, 4) is 23.0 Å². The number of quaternary nitrogens is 2. The first-order valence-corrected chi connectivity index (χ1v) is 11.0. The summed E-state index contributed by atoms with van der Waals surface area (Å²) in [5, 5.41) is 0. The van der Waals surface area contributed by atoms with Crippen molar-refractivity contribution < 1.29 is 33.5 Å². The molecule has 0 spiro atoms. The minimum atomic E-state index is 0.588. The quantitative estimate of drug-likeness (QED) is 0.466. The highest BCUT2D eigenvalue weighted by atomic mass is 16.5. The van der Waals surface area contributed by atoms with Crippen molar-refractivity contribution in [2.45, 2.75) is 6.54 Å². The Morgan fingerprint density at radius 1 is 0.710 bits per heavy atom. The van der Waals surface area contributed by atoms with Crippen molar-refractivity contribution in [1.82, 2.24) is 0 Å². The summed E-state index contributed by atoms with van der Waals surface area (Å²) in [4.78, 5) is 3.17. The van der Waals surface area contributed by atoms with Crippen molar-refractivity contribution in [3.05, 3.63) is 48.0 Å². The summed E-state index contributed by atoms with van der Waals surface area (Å²) in [7, 11) is 4.97. The number of para-hydroxylation sites is 1. The number of benzene rings is 2. The van der Waals surface area contributed by atoms with Gasteiger partial charge in [0, 0.05) is 0 Å². The van der Waals surface area contributed by atoms with E-state index in [0.29, 0.717) is 24.7 Å². The van der Waals surface area contributed by atoms with Crippen LogP contribution in [0.4, 0.5) is 0 Å². The van der Waals surface area contributed by atoms with E-state index in [9.17, 15) is 0 Å². The van der Waals surface area contributed by atoms with E-state index in [0.717, 1.165) is 62.9 Å². The van der Waals surface area contributed by atoms with Crippen LogP contribution < -0.4 is 28.7 Å². The largest absolute Gasteiger partial charge is 0.493 e. The molecule has 0 amide bonds. The first-order valence-electron chi connectivity index (χ1n) is 11.0. The summed E-state index contributed by atoms with van der Waals surface area (Å²) < 4.78 is 28.0. The maximum atomic E-state index is 5.76. The predicted molar refractivity (Wildman–Crippen MR) is 119 cm³/mol. The highest BCUT2D eigenvalue weighted by Gasteiger charge is 2.25. The zero-order chi connectivity index (χ0) is 21.9. The van der Waals surface area contributed by atoms with Crippen LogP contribution in [0, 0.1) is 0 Å². The molecule has 0 saturated carbocycles. The number of hydrogen-bond donors (Lipinski definition) is 2. The number of piperazine rings is 1. The lowest BCUT2D eigenvalue weighted by Gasteiger charge is -2.30.